The van der Waals surface area contributed by atoms with E-state index in [0.29, 0.717) is 0 Å². The van der Waals surface area contributed by atoms with Gasteiger partial charge in [0.2, 0.25) is 37.1 Å². The van der Waals surface area contributed by atoms with Crippen molar-refractivity contribution in [1.29, 1.82) is 0 Å². The van der Waals surface area contributed by atoms with E-state index in [1.165, 1.54) is 5.70 Å². The first-order chi connectivity index (χ1) is 15.1. The summed E-state index contributed by atoms with van der Waals surface area (Å²) in [6, 6.07) is 0. The minimum atomic E-state index is -4.37. The first-order valence-electron chi connectivity index (χ1n) is 9.28. The highest BCUT2D eigenvalue weighted by Gasteiger charge is 2.78. The number of rotatable bonds is 18. The fourth-order valence-electron chi connectivity index (χ4n) is 2.73. The van der Waals surface area contributed by atoms with Crippen LogP contribution >= 0.6 is 0 Å². The van der Waals surface area contributed by atoms with Crippen LogP contribution in [0, 0.1) is 0 Å². The summed E-state index contributed by atoms with van der Waals surface area (Å²) in [5.41, 5.74) is 2.90. The van der Waals surface area contributed by atoms with Gasteiger partial charge in [-0.15, -0.1) is 13.2 Å². The molecule has 23 heteroatoms. The molecule has 0 aromatic rings. The lowest BCUT2D eigenvalue weighted by Gasteiger charge is -2.53. The predicted octanol–water partition coefficient (Wildman–Crippen LogP) is -3.39. The average Bonchev–Trinajstić information content (AvgIpc) is 2.74. The summed E-state index contributed by atoms with van der Waals surface area (Å²) < 4.78 is 31.2. The lowest BCUT2D eigenvalue weighted by molar-refractivity contribution is 0.320. The standard InChI is InChI=1S/C10H30O11Si12/c1-9-28(16)19-31(32(23-12,24-13)17-22-11,33(25-14,26-15)18-27(3)4)21-30(7,8)20-29(5,6)10-2/h9-16H,1-2H2,3-8H3. The van der Waals surface area contributed by atoms with Gasteiger partial charge in [-0.05, 0) is 45.0 Å². The van der Waals surface area contributed by atoms with Crippen molar-refractivity contribution in [3.8, 4) is 0 Å². The van der Waals surface area contributed by atoms with Gasteiger partial charge in [-0.3, -0.25) is 0 Å². The van der Waals surface area contributed by atoms with Crippen molar-refractivity contribution in [3.63, 3.8) is 0 Å². The Morgan fingerprint density at radius 3 is 1.61 bits per heavy atom. The van der Waals surface area contributed by atoms with Crippen molar-refractivity contribution in [2.45, 2.75) is 39.3 Å². The van der Waals surface area contributed by atoms with Gasteiger partial charge in [0.25, 0.3) is 13.7 Å². The largest absolute Gasteiger partial charge is 0.455 e. The number of hydrogen-bond acceptors (Lipinski definition) is 11. The third-order valence-electron chi connectivity index (χ3n) is 3.93. The molecule has 0 fully saturated rings. The Morgan fingerprint density at radius 1 is 0.788 bits per heavy atom. The predicted molar refractivity (Wildman–Crippen MR) is 143 cm³/mol. The van der Waals surface area contributed by atoms with Gasteiger partial charge < -0.3 is 49.3 Å². The van der Waals surface area contributed by atoms with E-state index in [4.69, 9.17) is 20.6 Å². The van der Waals surface area contributed by atoms with Crippen LogP contribution in [0.15, 0.2) is 24.6 Å². The minimum absolute atomic E-state index is 0.970. The maximum absolute atomic E-state index is 10.7. The first-order valence-corrected chi connectivity index (χ1v) is 35.2. The molecule has 0 aromatic carbocycles. The Balaban J connectivity index is 7.39. The molecule has 0 heterocycles. The van der Waals surface area contributed by atoms with Crippen LogP contribution in [0.1, 0.15) is 0 Å². The maximum Gasteiger partial charge on any atom is 0.418 e. The van der Waals surface area contributed by atoms with Crippen LogP contribution < -0.4 is 0 Å². The third-order valence-corrected chi connectivity index (χ3v) is 75.8. The van der Waals surface area contributed by atoms with E-state index >= 15 is 0 Å². The van der Waals surface area contributed by atoms with E-state index in [1.54, 1.807) is 31.9 Å². The second kappa shape index (κ2) is 14.5. The highest BCUT2D eigenvalue weighted by molar-refractivity contribution is 7.96. The summed E-state index contributed by atoms with van der Waals surface area (Å²) in [6.45, 7) is 10.4. The van der Waals surface area contributed by atoms with Crippen LogP contribution in [0.25, 0.3) is 0 Å². The molecule has 0 rings (SSSR count). The Hall–Kier alpha value is 1.64. The Bertz CT molecular complexity index is 619. The lowest BCUT2D eigenvalue weighted by Crippen LogP contribution is -2.93. The number of hydrogen-bond donors (Lipinski definition) is 6. The topological polar surface area (TPSA) is 168 Å². The van der Waals surface area contributed by atoms with Crippen LogP contribution in [0.3, 0.4) is 0 Å². The molecular weight excluding hydrogens is 633 g/mol. The van der Waals surface area contributed by atoms with Crippen LogP contribution in [0.5, 0.6) is 0 Å². The lowest BCUT2D eigenvalue weighted by atomic mass is 11.3. The molecule has 12 radical (unpaired) electrons. The molecule has 1 atom stereocenters. The Labute approximate surface area is 215 Å². The summed E-state index contributed by atoms with van der Waals surface area (Å²) in [4.78, 5) is 62.8. The summed E-state index contributed by atoms with van der Waals surface area (Å²) >= 11 is 0. The molecule has 0 aliphatic rings. The molecule has 0 saturated carbocycles. The van der Waals surface area contributed by atoms with Gasteiger partial charge in [0, 0.05) is 0 Å². The molecule has 0 aliphatic carbocycles. The zero-order chi connectivity index (χ0) is 26.1. The van der Waals surface area contributed by atoms with Gasteiger partial charge in [0.1, 0.15) is 0 Å². The summed E-state index contributed by atoms with van der Waals surface area (Å²) in [5, 5.41) is 0. The molecule has 0 aliphatic heterocycles. The zero-order valence-corrected chi connectivity index (χ0v) is 31.3. The summed E-state index contributed by atoms with van der Waals surface area (Å²) in [6.07, 6.45) is 0. The second-order valence-corrected chi connectivity index (χ2v) is 55.9. The van der Waals surface area contributed by atoms with Gasteiger partial charge >= 0.3 is 35.4 Å². The van der Waals surface area contributed by atoms with E-state index in [-0.39, 0.29) is 0 Å². The van der Waals surface area contributed by atoms with Crippen LogP contribution in [0.4, 0.5) is 0 Å². The molecule has 184 valence electrons. The quantitative estimate of drug-likeness (QED) is 0.0810. The van der Waals surface area contributed by atoms with Gasteiger partial charge in [0.05, 0.1) is 0 Å². The van der Waals surface area contributed by atoms with Crippen molar-refractivity contribution in [1.82, 2.24) is 0 Å². The maximum atomic E-state index is 10.7. The molecule has 6 N–H and O–H groups in total. The normalized spacial score (nSPS) is 15.7. The minimum Gasteiger partial charge on any atom is -0.455 e. The molecule has 0 saturated heterocycles. The molecular formula is C10H30O11Si12. The SMILES string of the molecule is C=C[Si](O)O[Si](O[Si](C)(C)O[Si](C)(C)C=C)([Si](O[Si]O)([Si]O)[Si]O)[Si](O[Si](C)C)([Si]O)[Si]O. The first kappa shape index (κ1) is 34.6. The van der Waals surface area contributed by atoms with E-state index in [1.807, 2.05) is 13.1 Å². The fourth-order valence-corrected chi connectivity index (χ4v) is 111. The summed E-state index contributed by atoms with van der Waals surface area (Å²) in [5.74, 6) is 0. The highest BCUT2D eigenvalue weighted by atomic mass is 30.2. The molecule has 0 aromatic heterocycles. The fraction of sp³-hybridized carbons (Fsp3) is 0.600. The van der Waals surface area contributed by atoms with Crippen molar-refractivity contribution in [2.75, 3.05) is 0 Å². The van der Waals surface area contributed by atoms with Crippen LogP contribution in [-0.2, 0) is 20.6 Å². The van der Waals surface area contributed by atoms with Gasteiger partial charge in [-0.2, -0.15) is 0 Å². The Morgan fingerprint density at radius 2 is 1.27 bits per heavy atom. The smallest absolute Gasteiger partial charge is 0.418 e. The molecule has 0 spiro atoms. The van der Waals surface area contributed by atoms with Gasteiger partial charge in [-0.25, -0.2) is 0 Å². The summed E-state index contributed by atoms with van der Waals surface area (Å²) in [7, 11) is -19.5. The monoisotopic (exact) mass is 662 g/mol. The highest BCUT2D eigenvalue weighted by Crippen LogP contribution is 2.35. The van der Waals surface area contributed by atoms with Gasteiger partial charge in [0.15, 0.2) is 17.4 Å². The zero-order valence-electron chi connectivity index (χ0n) is 19.3. The molecule has 11 nitrogen and oxygen atoms in total. The molecule has 0 amide bonds. The molecule has 33 heavy (non-hydrogen) atoms. The molecule has 1 unspecified atom stereocenters. The van der Waals surface area contributed by atoms with Crippen molar-refractivity contribution in [2.24, 2.45) is 0 Å². The van der Waals surface area contributed by atoms with Crippen molar-refractivity contribution >= 4 is 104 Å². The van der Waals surface area contributed by atoms with E-state index in [0.717, 1.165) is 0 Å². The third kappa shape index (κ3) is 8.58. The van der Waals surface area contributed by atoms with Crippen molar-refractivity contribution < 1.29 is 49.3 Å². The van der Waals surface area contributed by atoms with E-state index < -0.39 is 104 Å². The van der Waals surface area contributed by atoms with Gasteiger partial charge in [-0.1, -0.05) is 5.70 Å². The molecule has 0 bridgehead atoms. The van der Waals surface area contributed by atoms with E-state index in [2.05, 4.69) is 13.2 Å². The Kier molecular flexibility index (Phi) is 15.3. The second-order valence-electron chi connectivity index (χ2n) is 7.69. The van der Waals surface area contributed by atoms with Crippen LogP contribution in [0.2, 0.25) is 39.3 Å². The van der Waals surface area contributed by atoms with Crippen LogP contribution in [-0.4, -0.2) is 132 Å². The average molecular weight is 663 g/mol. The van der Waals surface area contributed by atoms with Crippen molar-refractivity contribution in [3.05, 3.63) is 24.6 Å². The van der Waals surface area contributed by atoms with E-state index in [9.17, 15) is 28.8 Å².